The summed E-state index contributed by atoms with van der Waals surface area (Å²) in [5.74, 6) is -0.198. The second-order valence-electron chi connectivity index (χ2n) is 5.47. The Bertz CT molecular complexity index is 804. The van der Waals surface area contributed by atoms with Crippen molar-refractivity contribution in [2.75, 3.05) is 5.32 Å². The van der Waals surface area contributed by atoms with Crippen LogP contribution in [-0.4, -0.2) is 10.8 Å². The molecule has 1 fully saturated rings. The number of carbonyl (C=O) groups is 1. The SMILES string of the molecule is O=C(Nc1ccc(Cl)c([N+](=O)[O-])c1)C1(c2cccc(Cl)c2)CC1. The number of hydrogen-bond donors (Lipinski definition) is 1. The van der Waals surface area contributed by atoms with Crippen molar-refractivity contribution in [3.63, 3.8) is 0 Å². The molecule has 0 atom stereocenters. The maximum Gasteiger partial charge on any atom is 0.289 e. The molecule has 2 aromatic carbocycles. The van der Waals surface area contributed by atoms with Gasteiger partial charge in [-0.2, -0.15) is 0 Å². The molecule has 0 saturated heterocycles. The molecule has 1 N–H and O–H groups in total. The lowest BCUT2D eigenvalue weighted by Gasteiger charge is -2.16. The number of carbonyl (C=O) groups excluding carboxylic acids is 1. The van der Waals surface area contributed by atoms with Crippen molar-refractivity contribution < 1.29 is 9.72 Å². The average molecular weight is 351 g/mol. The summed E-state index contributed by atoms with van der Waals surface area (Å²) in [6.07, 6.45) is 1.43. The summed E-state index contributed by atoms with van der Waals surface area (Å²) >= 11 is 11.8. The Balaban J connectivity index is 1.85. The third-order valence-corrected chi connectivity index (χ3v) is 4.52. The number of anilines is 1. The standard InChI is InChI=1S/C16H12Cl2N2O3/c17-11-3-1-2-10(8-11)16(6-7-16)15(21)19-12-4-5-13(18)14(9-12)20(22)23/h1-5,8-9H,6-7H2,(H,19,21). The van der Waals surface area contributed by atoms with Gasteiger partial charge in [-0.05, 0) is 42.7 Å². The van der Waals surface area contributed by atoms with Crippen molar-refractivity contribution in [3.05, 3.63) is 68.2 Å². The first-order chi connectivity index (χ1) is 10.9. The summed E-state index contributed by atoms with van der Waals surface area (Å²) in [5, 5.41) is 14.3. The van der Waals surface area contributed by atoms with Gasteiger partial charge in [0.15, 0.2) is 0 Å². The highest BCUT2D eigenvalue weighted by molar-refractivity contribution is 6.32. The lowest BCUT2D eigenvalue weighted by atomic mass is 9.95. The summed E-state index contributed by atoms with van der Waals surface area (Å²) < 4.78 is 0. The predicted octanol–water partition coefficient (Wildman–Crippen LogP) is 4.57. The maximum absolute atomic E-state index is 12.6. The zero-order valence-corrected chi connectivity index (χ0v) is 13.4. The highest BCUT2D eigenvalue weighted by Gasteiger charge is 2.51. The molecular formula is C16H12Cl2N2O3. The lowest BCUT2D eigenvalue weighted by molar-refractivity contribution is -0.384. The summed E-state index contributed by atoms with van der Waals surface area (Å²) in [5.41, 5.74) is 0.349. The van der Waals surface area contributed by atoms with Crippen molar-refractivity contribution in [1.82, 2.24) is 0 Å². The van der Waals surface area contributed by atoms with Crippen LogP contribution in [0.1, 0.15) is 18.4 Å². The highest BCUT2D eigenvalue weighted by Crippen LogP contribution is 2.49. The van der Waals surface area contributed by atoms with E-state index in [2.05, 4.69) is 5.32 Å². The van der Waals surface area contributed by atoms with Crippen molar-refractivity contribution in [1.29, 1.82) is 0 Å². The first kappa shape index (κ1) is 15.8. The first-order valence-electron chi connectivity index (χ1n) is 6.94. The van der Waals surface area contributed by atoms with Crippen LogP contribution in [0.4, 0.5) is 11.4 Å². The Morgan fingerprint density at radius 1 is 1.17 bits per heavy atom. The van der Waals surface area contributed by atoms with Crippen LogP contribution in [0.15, 0.2) is 42.5 Å². The molecule has 1 aliphatic rings. The van der Waals surface area contributed by atoms with E-state index in [0.717, 1.165) is 18.4 Å². The quantitative estimate of drug-likeness (QED) is 0.648. The van der Waals surface area contributed by atoms with Gasteiger partial charge in [0.05, 0.1) is 10.3 Å². The minimum atomic E-state index is -0.612. The van der Waals surface area contributed by atoms with Gasteiger partial charge in [0.2, 0.25) is 5.91 Å². The van der Waals surface area contributed by atoms with Crippen LogP contribution < -0.4 is 5.32 Å². The molecule has 1 saturated carbocycles. The highest BCUT2D eigenvalue weighted by atomic mass is 35.5. The van der Waals surface area contributed by atoms with E-state index < -0.39 is 10.3 Å². The molecule has 0 aliphatic heterocycles. The Morgan fingerprint density at radius 3 is 2.52 bits per heavy atom. The normalized spacial score (nSPS) is 15.0. The van der Waals surface area contributed by atoms with Gasteiger partial charge in [0.25, 0.3) is 5.69 Å². The van der Waals surface area contributed by atoms with Crippen molar-refractivity contribution in [2.45, 2.75) is 18.3 Å². The van der Waals surface area contributed by atoms with Crippen LogP contribution in [0.5, 0.6) is 0 Å². The average Bonchev–Trinajstić information content (AvgIpc) is 3.30. The topological polar surface area (TPSA) is 72.2 Å². The molecule has 0 unspecified atom stereocenters. The number of benzene rings is 2. The van der Waals surface area contributed by atoms with E-state index in [4.69, 9.17) is 23.2 Å². The van der Waals surface area contributed by atoms with Crippen molar-refractivity contribution in [3.8, 4) is 0 Å². The van der Waals surface area contributed by atoms with Crippen LogP contribution in [0, 0.1) is 10.1 Å². The number of amides is 1. The fourth-order valence-electron chi connectivity index (χ4n) is 2.54. The molecule has 0 aromatic heterocycles. The maximum atomic E-state index is 12.6. The largest absolute Gasteiger partial charge is 0.325 e. The van der Waals surface area contributed by atoms with Gasteiger partial charge in [-0.25, -0.2) is 0 Å². The second kappa shape index (κ2) is 5.83. The fourth-order valence-corrected chi connectivity index (χ4v) is 2.92. The Hall–Kier alpha value is -2.11. The predicted molar refractivity (Wildman–Crippen MR) is 89.1 cm³/mol. The van der Waals surface area contributed by atoms with E-state index >= 15 is 0 Å². The van der Waals surface area contributed by atoms with Gasteiger partial charge < -0.3 is 5.32 Å². The monoisotopic (exact) mass is 350 g/mol. The fraction of sp³-hybridized carbons (Fsp3) is 0.188. The van der Waals surface area contributed by atoms with Gasteiger partial charge in [-0.1, -0.05) is 35.3 Å². The van der Waals surface area contributed by atoms with Crippen LogP contribution in [-0.2, 0) is 10.2 Å². The number of nitrogens with zero attached hydrogens (tertiary/aromatic N) is 1. The van der Waals surface area contributed by atoms with E-state index in [0.29, 0.717) is 10.7 Å². The minimum Gasteiger partial charge on any atom is -0.325 e. The van der Waals surface area contributed by atoms with Gasteiger partial charge in [0.1, 0.15) is 5.02 Å². The molecular weight excluding hydrogens is 339 g/mol. The van der Waals surface area contributed by atoms with E-state index in [1.165, 1.54) is 12.1 Å². The van der Waals surface area contributed by atoms with Crippen LogP contribution in [0.2, 0.25) is 10.0 Å². The van der Waals surface area contributed by atoms with Gasteiger partial charge in [-0.15, -0.1) is 0 Å². The molecule has 5 nitrogen and oxygen atoms in total. The second-order valence-corrected chi connectivity index (χ2v) is 6.31. The third-order valence-electron chi connectivity index (χ3n) is 3.96. The van der Waals surface area contributed by atoms with E-state index in [9.17, 15) is 14.9 Å². The summed E-state index contributed by atoms with van der Waals surface area (Å²) in [7, 11) is 0. The molecule has 0 bridgehead atoms. The summed E-state index contributed by atoms with van der Waals surface area (Å²) in [4.78, 5) is 23.0. The third kappa shape index (κ3) is 3.02. The molecule has 1 amide bonds. The summed E-state index contributed by atoms with van der Waals surface area (Å²) in [6.45, 7) is 0. The van der Waals surface area contributed by atoms with Gasteiger partial charge in [-0.3, -0.25) is 14.9 Å². The van der Waals surface area contributed by atoms with Crippen LogP contribution >= 0.6 is 23.2 Å². The van der Waals surface area contributed by atoms with E-state index in [1.54, 1.807) is 24.3 Å². The van der Waals surface area contributed by atoms with E-state index in [1.807, 2.05) is 6.07 Å². The molecule has 2 aromatic rings. The minimum absolute atomic E-state index is 0.0315. The lowest BCUT2D eigenvalue weighted by Crippen LogP contribution is -2.27. The van der Waals surface area contributed by atoms with Crippen molar-refractivity contribution in [2.24, 2.45) is 0 Å². The first-order valence-corrected chi connectivity index (χ1v) is 7.69. The molecule has 7 heteroatoms. The van der Waals surface area contributed by atoms with E-state index in [-0.39, 0.29) is 16.6 Å². The smallest absolute Gasteiger partial charge is 0.289 e. The number of nitrogens with one attached hydrogen (secondary N) is 1. The van der Waals surface area contributed by atoms with Crippen LogP contribution in [0.3, 0.4) is 0 Å². The zero-order chi connectivity index (χ0) is 16.6. The zero-order valence-electron chi connectivity index (χ0n) is 11.9. The molecule has 0 spiro atoms. The van der Waals surface area contributed by atoms with Crippen molar-refractivity contribution >= 4 is 40.5 Å². The number of rotatable bonds is 4. The molecule has 118 valence electrons. The number of nitro groups is 1. The van der Waals surface area contributed by atoms with Gasteiger partial charge in [0, 0.05) is 16.8 Å². The Kier molecular flexibility index (Phi) is 4.00. The molecule has 3 rings (SSSR count). The molecule has 0 radical (unpaired) electrons. The molecule has 1 aliphatic carbocycles. The number of nitro benzene ring substituents is 1. The van der Waals surface area contributed by atoms with Crippen LogP contribution in [0.25, 0.3) is 0 Å². The number of halogens is 2. The molecule has 23 heavy (non-hydrogen) atoms. The van der Waals surface area contributed by atoms with Gasteiger partial charge >= 0.3 is 0 Å². The Labute approximate surface area is 142 Å². The molecule has 0 heterocycles. The summed E-state index contributed by atoms with van der Waals surface area (Å²) in [6, 6.07) is 11.4. The number of hydrogen-bond acceptors (Lipinski definition) is 3. The Morgan fingerprint density at radius 2 is 1.91 bits per heavy atom.